The summed E-state index contributed by atoms with van der Waals surface area (Å²) in [6.07, 6.45) is 0.437. The summed E-state index contributed by atoms with van der Waals surface area (Å²) in [6, 6.07) is 1.79. The highest BCUT2D eigenvalue weighted by Gasteiger charge is 2.33. The van der Waals surface area contributed by atoms with Crippen LogP contribution in [-0.4, -0.2) is 80.1 Å². The molecule has 3 amide bonds. The maximum atomic E-state index is 13.3. The molecule has 0 bridgehead atoms. The zero-order chi connectivity index (χ0) is 30.0. The molecule has 2 rings (SSSR count). The van der Waals surface area contributed by atoms with Crippen molar-refractivity contribution in [3.8, 4) is 0 Å². The van der Waals surface area contributed by atoms with E-state index in [2.05, 4.69) is 20.9 Å². The van der Waals surface area contributed by atoms with Gasteiger partial charge in [-0.3, -0.25) is 24.0 Å². The number of aliphatic carboxylic acids is 3. The molecular formula is C26H35N5O9. The molecule has 218 valence electrons. The molecule has 14 heteroatoms. The van der Waals surface area contributed by atoms with Crippen molar-refractivity contribution in [1.82, 2.24) is 20.9 Å². The first kappa shape index (κ1) is 31.8. The summed E-state index contributed by atoms with van der Waals surface area (Å²) in [6.45, 7) is 3.42. The number of carboxylic acids is 3. The van der Waals surface area contributed by atoms with E-state index in [1.165, 1.54) is 0 Å². The predicted molar refractivity (Wildman–Crippen MR) is 142 cm³/mol. The van der Waals surface area contributed by atoms with Gasteiger partial charge in [-0.2, -0.15) is 0 Å². The third kappa shape index (κ3) is 9.08. The maximum absolute atomic E-state index is 13.3. The topological polar surface area (TPSA) is 241 Å². The van der Waals surface area contributed by atoms with Gasteiger partial charge in [-0.05, 0) is 24.0 Å². The number of hydrogen-bond acceptors (Lipinski definition) is 7. The number of aromatic nitrogens is 1. The van der Waals surface area contributed by atoms with E-state index >= 15 is 0 Å². The molecule has 5 unspecified atom stereocenters. The van der Waals surface area contributed by atoms with Gasteiger partial charge in [-0.25, -0.2) is 4.79 Å². The number of para-hydroxylation sites is 1. The van der Waals surface area contributed by atoms with E-state index < -0.39 is 78.6 Å². The van der Waals surface area contributed by atoms with Crippen molar-refractivity contribution in [1.29, 1.82) is 0 Å². The van der Waals surface area contributed by atoms with Crippen molar-refractivity contribution < 1.29 is 44.1 Å². The van der Waals surface area contributed by atoms with E-state index in [1.54, 1.807) is 26.1 Å². The van der Waals surface area contributed by atoms with Gasteiger partial charge in [0.05, 0.1) is 12.5 Å². The van der Waals surface area contributed by atoms with E-state index in [9.17, 15) is 33.9 Å². The lowest BCUT2D eigenvalue weighted by Gasteiger charge is -2.28. The number of carbonyl (C=O) groups is 6. The van der Waals surface area contributed by atoms with Gasteiger partial charge in [0.1, 0.15) is 18.1 Å². The molecule has 0 saturated heterocycles. The van der Waals surface area contributed by atoms with Crippen LogP contribution in [0.25, 0.3) is 10.9 Å². The van der Waals surface area contributed by atoms with Gasteiger partial charge in [-0.15, -0.1) is 0 Å². The van der Waals surface area contributed by atoms with Crippen molar-refractivity contribution in [2.45, 2.75) is 70.1 Å². The SMILES string of the molecule is CCC(C)C(NC(=O)C(CCC(=O)O)NC(=O)C(N)CC(=O)O)C(=O)NC(Cc1c[nH]c2ccccc12)C(=O)O. The summed E-state index contributed by atoms with van der Waals surface area (Å²) in [5.74, 6) is -7.02. The maximum Gasteiger partial charge on any atom is 0.326 e. The van der Waals surface area contributed by atoms with Gasteiger partial charge < -0.3 is 42.0 Å². The number of rotatable bonds is 16. The second-order valence-electron chi connectivity index (χ2n) is 9.53. The lowest BCUT2D eigenvalue weighted by molar-refractivity contribution is -0.142. The Morgan fingerprint density at radius 1 is 0.900 bits per heavy atom. The number of aromatic amines is 1. The van der Waals surface area contributed by atoms with Crippen LogP contribution in [0, 0.1) is 5.92 Å². The lowest BCUT2D eigenvalue weighted by Crippen LogP contribution is -2.59. The Morgan fingerprint density at radius 2 is 1.55 bits per heavy atom. The van der Waals surface area contributed by atoms with Crippen molar-refractivity contribution in [2.24, 2.45) is 11.7 Å². The number of amides is 3. The van der Waals surface area contributed by atoms with Crippen molar-refractivity contribution in [2.75, 3.05) is 0 Å². The number of carboxylic acid groups (broad SMARTS) is 3. The summed E-state index contributed by atoms with van der Waals surface area (Å²) < 4.78 is 0. The fourth-order valence-corrected chi connectivity index (χ4v) is 4.03. The molecule has 0 aliphatic rings. The molecule has 0 aliphatic heterocycles. The Balaban J connectivity index is 2.21. The van der Waals surface area contributed by atoms with Gasteiger partial charge >= 0.3 is 17.9 Å². The minimum Gasteiger partial charge on any atom is -0.481 e. The van der Waals surface area contributed by atoms with Crippen LogP contribution in [0.2, 0.25) is 0 Å². The number of nitrogens with two attached hydrogens (primary N) is 1. The monoisotopic (exact) mass is 561 g/mol. The van der Waals surface area contributed by atoms with E-state index in [-0.39, 0.29) is 12.8 Å². The second kappa shape index (κ2) is 14.6. The highest BCUT2D eigenvalue weighted by Crippen LogP contribution is 2.19. The summed E-state index contributed by atoms with van der Waals surface area (Å²) >= 11 is 0. The van der Waals surface area contributed by atoms with E-state index in [4.69, 9.17) is 15.9 Å². The van der Waals surface area contributed by atoms with Crippen LogP contribution in [0.4, 0.5) is 0 Å². The van der Waals surface area contributed by atoms with Crippen molar-refractivity contribution >= 4 is 46.5 Å². The number of benzene rings is 1. The number of carbonyl (C=O) groups excluding carboxylic acids is 3. The van der Waals surface area contributed by atoms with Crippen LogP contribution in [0.5, 0.6) is 0 Å². The third-order valence-electron chi connectivity index (χ3n) is 6.52. The Labute approximate surface area is 229 Å². The Bertz CT molecular complexity index is 1240. The first-order chi connectivity index (χ1) is 18.8. The van der Waals surface area contributed by atoms with Crippen LogP contribution in [0.1, 0.15) is 45.1 Å². The van der Waals surface area contributed by atoms with E-state index in [0.717, 1.165) is 10.9 Å². The molecule has 0 spiro atoms. The number of hydrogen-bond donors (Lipinski definition) is 8. The van der Waals surface area contributed by atoms with Gasteiger partial charge in [-0.1, -0.05) is 38.5 Å². The molecule has 40 heavy (non-hydrogen) atoms. The van der Waals surface area contributed by atoms with E-state index in [1.807, 2.05) is 18.2 Å². The standard InChI is InChI=1S/C26H35N5O9/c1-3-13(2)22(31-24(37)18(8-9-20(32)33)29-23(36)16(27)11-21(34)35)25(38)30-19(26(39)40)10-14-12-28-17-7-5-4-6-15(14)17/h4-7,12-13,16,18-19,22,28H,3,8-11,27H2,1-2H3,(H,29,36)(H,30,38)(H,31,37)(H,32,33)(H,34,35)(H,39,40). The summed E-state index contributed by atoms with van der Waals surface area (Å²) in [5.41, 5.74) is 7.02. The zero-order valence-corrected chi connectivity index (χ0v) is 22.2. The highest BCUT2D eigenvalue weighted by molar-refractivity contribution is 5.95. The van der Waals surface area contributed by atoms with Crippen molar-refractivity contribution in [3.05, 3.63) is 36.0 Å². The largest absolute Gasteiger partial charge is 0.481 e. The Kier molecular flexibility index (Phi) is 11.6. The molecule has 5 atom stereocenters. The second-order valence-corrected chi connectivity index (χ2v) is 9.53. The van der Waals surface area contributed by atoms with Gasteiger partial charge in [0.15, 0.2) is 0 Å². The average molecular weight is 562 g/mol. The number of H-pyrrole nitrogens is 1. The van der Waals surface area contributed by atoms with Crippen LogP contribution in [0.15, 0.2) is 30.5 Å². The van der Waals surface area contributed by atoms with Gasteiger partial charge in [0.2, 0.25) is 17.7 Å². The van der Waals surface area contributed by atoms with Crippen LogP contribution in [-0.2, 0) is 35.2 Å². The predicted octanol–water partition coefficient (Wildman–Crippen LogP) is -0.0377. The normalized spacial score (nSPS) is 14.8. The number of fused-ring (bicyclic) bond motifs is 1. The quantitative estimate of drug-likeness (QED) is 0.136. The molecule has 0 saturated carbocycles. The summed E-state index contributed by atoms with van der Waals surface area (Å²) in [5, 5.41) is 35.7. The smallest absolute Gasteiger partial charge is 0.326 e. The minimum absolute atomic E-state index is 0.0367. The van der Waals surface area contributed by atoms with Crippen molar-refractivity contribution in [3.63, 3.8) is 0 Å². The third-order valence-corrected chi connectivity index (χ3v) is 6.52. The zero-order valence-electron chi connectivity index (χ0n) is 22.2. The van der Waals surface area contributed by atoms with Crippen LogP contribution in [0.3, 0.4) is 0 Å². The highest BCUT2D eigenvalue weighted by atomic mass is 16.4. The van der Waals surface area contributed by atoms with E-state index in [0.29, 0.717) is 12.0 Å². The van der Waals surface area contributed by atoms with Gasteiger partial charge in [0, 0.05) is 29.9 Å². The fourth-order valence-electron chi connectivity index (χ4n) is 4.03. The molecule has 0 aliphatic carbocycles. The fraction of sp³-hybridized carbons (Fsp3) is 0.462. The molecular weight excluding hydrogens is 526 g/mol. The molecule has 2 aromatic rings. The molecule has 14 nitrogen and oxygen atoms in total. The first-order valence-electron chi connectivity index (χ1n) is 12.7. The molecule has 1 aromatic heterocycles. The van der Waals surface area contributed by atoms with Crippen LogP contribution >= 0.6 is 0 Å². The summed E-state index contributed by atoms with van der Waals surface area (Å²) in [7, 11) is 0. The molecule has 0 fully saturated rings. The van der Waals surface area contributed by atoms with Crippen LogP contribution < -0.4 is 21.7 Å². The minimum atomic E-state index is -1.49. The molecule has 0 radical (unpaired) electrons. The van der Waals surface area contributed by atoms with Gasteiger partial charge in [0.25, 0.3) is 0 Å². The summed E-state index contributed by atoms with van der Waals surface area (Å²) in [4.78, 5) is 75.8. The molecule has 1 aromatic carbocycles. The number of nitrogens with one attached hydrogen (secondary N) is 4. The lowest BCUT2D eigenvalue weighted by atomic mass is 9.96. The average Bonchev–Trinajstić information content (AvgIpc) is 3.30. The first-order valence-corrected chi connectivity index (χ1v) is 12.7. The molecule has 9 N–H and O–H groups in total. The Hall–Kier alpha value is -4.46. The molecule has 1 heterocycles. The Morgan fingerprint density at radius 3 is 2.15 bits per heavy atom.